The van der Waals surface area contributed by atoms with Gasteiger partial charge < -0.3 is 10.6 Å². The van der Waals surface area contributed by atoms with Crippen molar-refractivity contribution >= 4 is 52.6 Å². The van der Waals surface area contributed by atoms with Crippen LogP contribution in [0.15, 0.2) is 46.1 Å². The van der Waals surface area contributed by atoms with Crippen molar-refractivity contribution in [2.45, 2.75) is 19.1 Å². The summed E-state index contributed by atoms with van der Waals surface area (Å²) in [5.74, 6) is 0.559. The molecule has 5 nitrogen and oxygen atoms in total. The summed E-state index contributed by atoms with van der Waals surface area (Å²) in [6, 6.07) is 9.92. The summed E-state index contributed by atoms with van der Waals surface area (Å²) < 4.78 is 37.7. The number of rotatable bonds is 6. The lowest BCUT2D eigenvalue weighted by Crippen LogP contribution is -2.37. The molecule has 156 valence electrons. The van der Waals surface area contributed by atoms with E-state index in [9.17, 15) is 13.2 Å². The van der Waals surface area contributed by atoms with Crippen molar-refractivity contribution in [3.63, 3.8) is 0 Å². The average molecular weight is 553 g/mol. The summed E-state index contributed by atoms with van der Waals surface area (Å²) >= 11 is 2.56. The molecule has 0 atom stereocenters. The van der Waals surface area contributed by atoms with E-state index < -0.39 is 11.9 Å². The zero-order valence-corrected chi connectivity index (χ0v) is 19.3. The van der Waals surface area contributed by atoms with Crippen molar-refractivity contribution < 1.29 is 13.2 Å². The Bertz CT molecular complexity index is 925. The number of aromatic nitrogens is 2. The van der Waals surface area contributed by atoms with Crippen LogP contribution in [-0.4, -0.2) is 29.5 Å². The maximum Gasteiger partial charge on any atom is 0.434 e. The van der Waals surface area contributed by atoms with Gasteiger partial charge in [0.2, 0.25) is 0 Å². The van der Waals surface area contributed by atoms with Crippen LogP contribution in [0.1, 0.15) is 15.7 Å². The molecule has 0 spiro atoms. The number of aliphatic imine (C=N–C) groups is 1. The van der Waals surface area contributed by atoms with Gasteiger partial charge in [0.1, 0.15) is 5.01 Å². The van der Waals surface area contributed by atoms with Gasteiger partial charge in [0, 0.05) is 36.3 Å². The maximum absolute atomic E-state index is 12.6. The zero-order chi connectivity index (χ0) is 20.0. The molecule has 2 N–H and O–H groups in total. The highest BCUT2D eigenvalue weighted by Crippen LogP contribution is 2.30. The quantitative estimate of drug-likeness (QED) is 0.262. The van der Waals surface area contributed by atoms with Crippen LogP contribution in [0, 0.1) is 0 Å². The molecule has 1 aromatic carbocycles. The van der Waals surface area contributed by atoms with E-state index in [4.69, 9.17) is 0 Å². The first-order valence-corrected chi connectivity index (χ1v) is 10.2. The molecular formula is C18H19F3IN5S2. The Kier molecular flexibility index (Phi) is 8.83. The lowest BCUT2D eigenvalue weighted by atomic mass is 10.2. The second-order valence-corrected chi connectivity index (χ2v) is 7.60. The Morgan fingerprint density at radius 1 is 1.03 bits per heavy atom. The molecule has 3 rings (SSSR count). The lowest BCUT2D eigenvalue weighted by molar-refractivity contribution is -0.140. The normalized spacial score (nSPS) is 11.8. The molecule has 0 aliphatic heterocycles. The smallest absolute Gasteiger partial charge is 0.356 e. The van der Waals surface area contributed by atoms with Gasteiger partial charge in [0.25, 0.3) is 0 Å². The van der Waals surface area contributed by atoms with E-state index >= 15 is 0 Å². The topological polar surface area (TPSA) is 62.2 Å². The number of nitrogens with zero attached hydrogens (tertiary/aromatic N) is 3. The van der Waals surface area contributed by atoms with Gasteiger partial charge >= 0.3 is 6.18 Å². The van der Waals surface area contributed by atoms with E-state index in [1.54, 1.807) is 18.4 Å². The highest BCUT2D eigenvalue weighted by molar-refractivity contribution is 14.0. The molecule has 0 radical (unpaired) electrons. The molecule has 0 bridgehead atoms. The highest BCUT2D eigenvalue weighted by Gasteiger charge is 2.33. The Hall–Kier alpha value is -1.73. The molecule has 0 aliphatic rings. The molecule has 0 saturated carbocycles. The van der Waals surface area contributed by atoms with Crippen molar-refractivity contribution in [2.75, 3.05) is 13.6 Å². The van der Waals surface area contributed by atoms with Crippen LogP contribution in [0.25, 0.3) is 11.3 Å². The minimum absolute atomic E-state index is 0. The third-order valence-corrected chi connectivity index (χ3v) is 5.48. The highest BCUT2D eigenvalue weighted by atomic mass is 127. The van der Waals surface area contributed by atoms with Crippen LogP contribution in [-0.2, 0) is 19.1 Å². The predicted molar refractivity (Wildman–Crippen MR) is 122 cm³/mol. The minimum Gasteiger partial charge on any atom is -0.356 e. The molecule has 0 aliphatic carbocycles. The van der Waals surface area contributed by atoms with Crippen molar-refractivity contribution in [1.29, 1.82) is 0 Å². The van der Waals surface area contributed by atoms with Crippen LogP contribution in [0.4, 0.5) is 13.2 Å². The Morgan fingerprint density at radius 3 is 2.41 bits per heavy atom. The van der Waals surface area contributed by atoms with Crippen molar-refractivity contribution in [2.24, 2.45) is 4.99 Å². The Balaban J connectivity index is 0.00000300. The molecule has 2 heterocycles. The monoisotopic (exact) mass is 553 g/mol. The van der Waals surface area contributed by atoms with E-state index in [-0.39, 0.29) is 24.0 Å². The largest absolute Gasteiger partial charge is 0.434 e. The first kappa shape index (κ1) is 23.5. The summed E-state index contributed by atoms with van der Waals surface area (Å²) in [5.41, 5.74) is 1.15. The average Bonchev–Trinajstić information content (AvgIpc) is 3.34. The van der Waals surface area contributed by atoms with E-state index in [1.807, 2.05) is 35.7 Å². The van der Waals surface area contributed by atoms with Gasteiger partial charge in [-0.3, -0.25) is 4.99 Å². The summed E-state index contributed by atoms with van der Waals surface area (Å²) in [7, 11) is 1.64. The first-order chi connectivity index (χ1) is 13.5. The van der Waals surface area contributed by atoms with Crippen LogP contribution < -0.4 is 10.6 Å². The zero-order valence-electron chi connectivity index (χ0n) is 15.4. The summed E-state index contributed by atoms with van der Waals surface area (Å²) in [6.45, 7) is 0.935. The fourth-order valence-electron chi connectivity index (χ4n) is 2.36. The van der Waals surface area contributed by atoms with E-state index in [0.29, 0.717) is 30.5 Å². The fraction of sp³-hybridized carbons (Fsp3) is 0.278. The van der Waals surface area contributed by atoms with Crippen LogP contribution >= 0.6 is 46.7 Å². The molecule has 0 fully saturated rings. The number of nitrogens with one attached hydrogen (secondary N) is 2. The molecule has 0 saturated heterocycles. The van der Waals surface area contributed by atoms with Crippen LogP contribution in [0.3, 0.4) is 0 Å². The van der Waals surface area contributed by atoms with Gasteiger partial charge in [-0.25, -0.2) is 9.97 Å². The standard InChI is InChI=1S/C18H18F3N5S2.HI/c1-22-17(23-8-7-15-26-14(11-28-15)18(19,20)21)24-9-16-25-13(10-27-16)12-5-3-2-4-6-12;/h2-6,10-11H,7-9H2,1H3,(H2,22,23,24);1H. The number of hydrogen-bond acceptors (Lipinski definition) is 5. The third-order valence-electron chi connectivity index (χ3n) is 3.73. The summed E-state index contributed by atoms with van der Waals surface area (Å²) in [4.78, 5) is 12.3. The van der Waals surface area contributed by atoms with Gasteiger partial charge in [-0.2, -0.15) is 13.2 Å². The van der Waals surface area contributed by atoms with Gasteiger partial charge in [-0.15, -0.1) is 46.7 Å². The van der Waals surface area contributed by atoms with Gasteiger partial charge in [-0.1, -0.05) is 30.3 Å². The lowest BCUT2D eigenvalue weighted by Gasteiger charge is -2.10. The first-order valence-electron chi connectivity index (χ1n) is 8.41. The fourth-order valence-corrected chi connectivity index (χ4v) is 3.91. The van der Waals surface area contributed by atoms with E-state index in [0.717, 1.165) is 33.0 Å². The van der Waals surface area contributed by atoms with E-state index in [1.165, 1.54) is 0 Å². The SMILES string of the molecule is CN=C(NCCc1nc(C(F)(F)F)cs1)NCc1nc(-c2ccccc2)cs1.I. The van der Waals surface area contributed by atoms with Gasteiger partial charge in [-0.05, 0) is 0 Å². The van der Waals surface area contributed by atoms with Crippen molar-refractivity contribution in [3.05, 3.63) is 56.8 Å². The maximum atomic E-state index is 12.6. The number of halogens is 4. The second kappa shape index (κ2) is 10.9. The second-order valence-electron chi connectivity index (χ2n) is 5.72. The van der Waals surface area contributed by atoms with Crippen molar-refractivity contribution in [3.8, 4) is 11.3 Å². The molecule has 0 unspecified atom stereocenters. The number of thiazole rings is 2. The molecule has 3 aromatic rings. The number of guanidine groups is 1. The summed E-state index contributed by atoms with van der Waals surface area (Å²) in [5, 5.41) is 10.6. The Labute approximate surface area is 191 Å². The number of alkyl halides is 3. The van der Waals surface area contributed by atoms with Crippen molar-refractivity contribution in [1.82, 2.24) is 20.6 Å². The number of hydrogen-bond donors (Lipinski definition) is 2. The van der Waals surface area contributed by atoms with Gasteiger partial charge in [0.05, 0.1) is 17.2 Å². The summed E-state index contributed by atoms with van der Waals surface area (Å²) in [6.07, 6.45) is -4.01. The molecular weight excluding hydrogens is 534 g/mol. The Morgan fingerprint density at radius 2 is 1.76 bits per heavy atom. The number of benzene rings is 1. The predicted octanol–water partition coefficient (Wildman–Crippen LogP) is 4.81. The molecule has 11 heteroatoms. The van der Waals surface area contributed by atoms with Crippen LogP contribution in [0.2, 0.25) is 0 Å². The van der Waals surface area contributed by atoms with E-state index in [2.05, 4.69) is 25.6 Å². The molecule has 0 amide bonds. The van der Waals surface area contributed by atoms with Gasteiger partial charge in [0.15, 0.2) is 11.7 Å². The molecule has 2 aromatic heterocycles. The third kappa shape index (κ3) is 6.93. The molecule has 29 heavy (non-hydrogen) atoms. The minimum atomic E-state index is -4.40. The van der Waals surface area contributed by atoms with Crippen LogP contribution in [0.5, 0.6) is 0 Å².